The van der Waals surface area contributed by atoms with Crippen molar-refractivity contribution in [3.63, 3.8) is 0 Å². The molecule has 1 aliphatic heterocycles. The highest BCUT2D eigenvalue weighted by atomic mass is 79.9. The average Bonchev–Trinajstić information content (AvgIpc) is 2.71. The normalized spacial score (nSPS) is 21.1. The number of aromatic nitrogens is 2. The fraction of sp³-hybridized carbons (Fsp3) is 0.556. The van der Waals surface area contributed by atoms with E-state index in [0.29, 0.717) is 6.04 Å². The summed E-state index contributed by atoms with van der Waals surface area (Å²) in [6, 6.07) is 0.598. The molecule has 0 amide bonds. The van der Waals surface area contributed by atoms with Crippen molar-refractivity contribution in [3.8, 4) is 0 Å². The summed E-state index contributed by atoms with van der Waals surface area (Å²) in [4.78, 5) is 10.7. The molecule has 0 aliphatic carbocycles. The van der Waals surface area contributed by atoms with Crippen LogP contribution in [0, 0.1) is 0 Å². The molecule has 14 heavy (non-hydrogen) atoms. The second kappa shape index (κ2) is 4.49. The highest BCUT2D eigenvalue weighted by Gasteiger charge is 2.21. The van der Waals surface area contributed by atoms with Crippen LogP contribution in [0.15, 0.2) is 16.9 Å². The van der Waals surface area contributed by atoms with Gasteiger partial charge in [0.25, 0.3) is 0 Å². The number of thioether (sulfide) groups is 1. The van der Waals surface area contributed by atoms with Crippen molar-refractivity contribution >= 4 is 33.6 Å². The fourth-order valence-electron chi connectivity index (χ4n) is 1.48. The van der Waals surface area contributed by atoms with E-state index in [9.17, 15) is 0 Å². The highest BCUT2D eigenvalue weighted by Crippen LogP contribution is 2.23. The molecule has 0 radical (unpaired) electrons. The number of hydrogen-bond donors (Lipinski definition) is 0. The third kappa shape index (κ3) is 2.20. The molecule has 1 aromatic rings. The van der Waals surface area contributed by atoms with Crippen LogP contribution in [0.4, 0.5) is 5.95 Å². The Balaban J connectivity index is 2.09. The Bertz CT molecular complexity index is 297. The maximum absolute atomic E-state index is 4.28. The van der Waals surface area contributed by atoms with Gasteiger partial charge in [-0.2, -0.15) is 11.8 Å². The van der Waals surface area contributed by atoms with Gasteiger partial charge in [0, 0.05) is 31.2 Å². The topological polar surface area (TPSA) is 29.0 Å². The van der Waals surface area contributed by atoms with Crippen LogP contribution >= 0.6 is 27.7 Å². The Morgan fingerprint density at radius 1 is 1.50 bits per heavy atom. The Labute approximate surface area is 96.4 Å². The largest absolute Gasteiger partial charge is 0.340 e. The van der Waals surface area contributed by atoms with Gasteiger partial charge < -0.3 is 4.90 Å². The number of hydrogen-bond acceptors (Lipinski definition) is 4. The first kappa shape index (κ1) is 10.2. The lowest BCUT2D eigenvalue weighted by molar-refractivity contribution is 0.681. The van der Waals surface area contributed by atoms with Gasteiger partial charge in [0.2, 0.25) is 5.95 Å². The number of rotatable bonds is 2. The minimum Gasteiger partial charge on any atom is -0.340 e. The van der Waals surface area contributed by atoms with Crippen LogP contribution in [0.5, 0.6) is 0 Å². The van der Waals surface area contributed by atoms with E-state index in [0.717, 1.165) is 10.4 Å². The maximum atomic E-state index is 4.28. The molecule has 5 heteroatoms. The van der Waals surface area contributed by atoms with Gasteiger partial charge in [-0.3, -0.25) is 0 Å². The minimum atomic E-state index is 0.598. The molecule has 0 spiro atoms. The number of halogens is 1. The Morgan fingerprint density at radius 2 is 2.21 bits per heavy atom. The van der Waals surface area contributed by atoms with E-state index in [4.69, 9.17) is 0 Å². The summed E-state index contributed by atoms with van der Waals surface area (Å²) >= 11 is 5.33. The molecule has 3 nitrogen and oxygen atoms in total. The molecular weight excluding hydrogens is 262 g/mol. The van der Waals surface area contributed by atoms with Crippen molar-refractivity contribution in [1.82, 2.24) is 9.97 Å². The molecule has 1 atom stereocenters. The van der Waals surface area contributed by atoms with Crippen LogP contribution in [0.3, 0.4) is 0 Å². The summed E-state index contributed by atoms with van der Waals surface area (Å²) in [5, 5.41) is 0. The molecule has 0 saturated carbocycles. The van der Waals surface area contributed by atoms with Crippen LogP contribution in [0.2, 0.25) is 0 Å². The molecule has 0 bridgehead atoms. The van der Waals surface area contributed by atoms with E-state index in [1.165, 1.54) is 17.9 Å². The molecule has 76 valence electrons. The Kier molecular flexibility index (Phi) is 3.28. The van der Waals surface area contributed by atoms with Crippen molar-refractivity contribution in [2.75, 3.05) is 23.5 Å². The van der Waals surface area contributed by atoms with Crippen molar-refractivity contribution < 1.29 is 0 Å². The summed E-state index contributed by atoms with van der Waals surface area (Å²) < 4.78 is 0.926. The predicted octanol–water partition coefficient (Wildman–Crippen LogP) is 2.18. The van der Waals surface area contributed by atoms with Crippen LogP contribution in [-0.2, 0) is 0 Å². The van der Waals surface area contributed by atoms with Crippen molar-refractivity contribution in [1.29, 1.82) is 0 Å². The zero-order valence-corrected chi connectivity index (χ0v) is 10.4. The van der Waals surface area contributed by atoms with Gasteiger partial charge in [-0.05, 0) is 28.1 Å². The fourth-order valence-corrected chi connectivity index (χ4v) is 2.95. The second-order valence-corrected chi connectivity index (χ2v) is 5.40. The first-order chi connectivity index (χ1) is 6.77. The summed E-state index contributed by atoms with van der Waals surface area (Å²) in [5.41, 5.74) is 0. The monoisotopic (exact) mass is 273 g/mol. The first-order valence-corrected chi connectivity index (χ1v) is 6.50. The highest BCUT2D eigenvalue weighted by molar-refractivity contribution is 9.10. The van der Waals surface area contributed by atoms with Gasteiger partial charge in [-0.1, -0.05) is 0 Å². The standard InChI is InChI=1S/C9H12BrN3S/c1-13(8-2-3-14-6-8)9-11-4-7(10)5-12-9/h4-5,8H,2-3,6H2,1H3. The molecule has 0 N–H and O–H groups in total. The van der Waals surface area contributed by atoms with Crippen molar-refractivity contribution in [3.05, 3.63) is 16.9 Å². The van der Waals surface area contributed by atoms with Crippen LogP contribution in [0.25, 0.3) is 0 Å². The average molecular weight is 274 g/mol. The zero-order valence-electron chi connectivity index (χ0n) is 7.98. The Hall–Kier alpha value is -0.290. The zero-order chi connectivity index (χ0) is 9.97. The summed E-state index contributed by atoms with van der Waals surface area (Å²) in [5.74, 6) is 3.27. The van der Waals surface area contributed by atoms with E-state index < -0.39 is 0 Å². The van der Waals surface area contributed by atoms with E-state index in [2.05, 4.69) is 37.8 Å². The molecule has 1 fully saturated rings. The van der Waals surface area contributed by atoms with Gasteiger partial charge in [-0.25, -0.2) is 9.97 Å². The van der Waals surface area contributed by atoms with E-state index in [-0.39, 0.29) is 0 Å². The van der Waals surface area contributed by atoms with E-state index in [1.54, 1.807) is 12.4 Å². The minimum absolute atomic E-state index is 0.598. The third-order valence-electron chi connectivity index (χ3n) is 2.38. The van der Waals surface area contributed by atoms with Crippen molar-refractivity contribution in [2.24, 2.45) is 0 Å². The van der Waals surface area contributed by atoms with Crippen LogP contribution in [0.1, 0.15) is 6.42 Å². The SMILES string of the molecule is CN(c1ncc(Br)cn1)C1CCSC1. The molecule has 2 rings (SSSR count). The lowest BCUT2D eigenvalue weighted by Crippen LogP contribution is -2.32. The van der Waals surface area contributed by atoms with Crippen molar-refractivity contribution in [2.45, 2.75) is 12.5 Å². The van der Waals surface area contributed by atoms with Gasteiger partial charge in [0.05, 0.1) is 4.47 Å². The Morgan fingerprint density at radius 3 is 2.79 bits per heavy atom. The summed E-state index contributed by atoms with van der Waals surface area (Å²) in [6.45, 7) is 0. The van der Waals surface area contributed by atoms with Gasteiger partial charge in [0.15, 0.2) is 0 Å². The van der Waals surface area contributed by atoms with Gasteiger partial charge >= 0.3 is 0 Å². The number of nitrogens with zero attached hydrogens (tertiary/aromatic N) is 3. The van der Waals surface area contributed by atoms with Gasteiger partial charge in [0.1, 0.15) is 0 Å². The lowest BCUT2D eigenvalue weighted by atomic mass is 10.2. The maximum Gasteiger partial charge on any atom is 0.225 e. The molecule has 1 saturated heterocycles. The summed E-state index contributed by atoms with van der Waals surface area (Å²) in [6.07, 6.45) is 4.82. The molecule has 2 heterocycles. The third-order valence-corrected chi connectivity index (χ3v) is 3.93. The van der Waals surface area contributed by atoms with E-state index >= 15 is 0 Å². The van der Waals surface area contributed by atoms with Crippen LogP contribution < -0.4 is 4.90 Å². The second-order valence-electron chi connectivity index (χ2n) is 3.33. The molecule has 1 unspecified atom stereocenters. The van der Waals surface area contributed by atoms with Crippen LogP contribution in [-0.4, -0.2) is 34.6 Å². The number of anilines is 1. The molecular formula is C9H12BrN3S. The predicted molar refractivity (Wildman–Crippen MR) is 63.9 cm³/mol. The first-order valence-electron chi connectivity index (χ1n) is 4.55. The molecule has 1 aliphatic rings. The molecule has 0 aromatic carbocycles. The summed E-state index contributed by atoms with van der Waals surface area (Å²) in [7, 11) is 2.07. The smallest absolute Gasteiger partial charge is 0.225 e. The lowest BCUT2D eigenvalue weighted by Gasteiger charge is -2.23. The van der Waals surface area contributed by atoms with Gasteiger partial charge in [-0.15, -0.1) is 0 Å². The molecule has 1 aromatic heterocycles. The quantitative estimate of drug-likeness (QED) is 0.826. The van der Waals surface area contributed by atoms with E-state index in [1.807, 2.05) is 11.8 Å².